The van der Waals surface area contributed by atoms with Crippen LogP contribution in [0.15, 0.2) is 47.4 Å². The van der Waals surface area contributed by atoms with E-state index in [9.17, 15) is 18.0 Å². The van der Waals surface area contributed by atoms with Gasteiger partial charge in [-0.15, -0.1) is 0 Å². The number of nitrogens with one attached hydrogen (secondary N) is 2. The molecule has 1 aliphatic carbocycles. The Labute approximate surface area is 197 Å². The first-order chi connectivity index (χ1) is 16.4. The third kappa shape index (κ3) is 5.10. The summed E-state index contributed by atoms with van der Waals surface area (Å²) in [5, 5.41) is 2.97. The van der Waals surface area contributed by atoms with Gasteiger partial charge in [0.2, 0.25) is 12.7 Å². The van der Waals surface area contributed by atoms with Gasteiger partial charge in [-0.1, -0.05) is 6.07 Å². The standard InChI is InChI=1S/C23H26N4O6S/c28-22(24-17-4-5-17)14-26-8-10-27(11-9-26)23(29)16-2-1-3-19(12-16)34(30,31)25-18-6-7-20-21(13-18)33-15-32-20/h1-3,6-7,12-13,17,25H,4-5,8-11,14-15H2,(H,24,28). The third-order valence-corrected chi connectivity index (χ3v) is 7.36. The number of ether oxygens (including phenoxy) is 2. The average Bonchev–Trinajstić information content (AvgIpc) is 3.51. The molecule has 1 saturated carbocycles. The normalized spacial score (nSPS) is 17.9. The number of carbonyl (C=O) groups is 2. The van der Waals surface area contributed by atoms with Crippen LogP contribution in [0, 0.1) is 0 Å². The summed E-state index contributed by atoms with van der Waals surface area (Å²) in [6.45, 7) is 2.56. The van der Waals surface area contributed by atoms with E-state index in [-0.39, 0.29) is 23.5 Å². The minimum absolute atomic E-state index is 0.00796. The summed E-state index contributed by atoms with van der Waals surface area (Å²) < 4.78 is 38.9. The van der Waals surface area contributed by atoms with Crippen LogP contribution in [-0.4, -0.2) is 75.6 Å². The predicted octanol–water partition coefficient (Wildman–Crippen LogP) is 1.25. The van der Waals surface area contributed by atoms with Gasteiger partial charge in [0.1, 0.15) is 0 Å². The lowest BCUT2D eigenvalue weighted by Gasteiger charge is -2.34. The Kier molecular flexibility index (Phi) is 6.05. The third-order valence-electron chi connectivity index (χ3n) is 5.99. The molecule has 2 amide bonds. The summed E-state index contributed by atoms with van der Waals surface area (Å²) in [6.07, 6.45) is 2.10. The number of hydrogen-bond donors (Lipinski definition) is 2. The van der Waals surface area contributed by atoms with Gasteiger partial charge in [-0.05, 0) is 43.2 Å². The van der Waals surface area contributed by atoms with E-state index in [4.69, 9.17) is 9.47 Å². The molecule has 2 fully saturated rings. The number of hydrogen-bond acceptors (Lipinski definition) is 7. The molecular weight excluding hydrogens is 460 g/mol. The molecule has 2 N–H and O–H groups in total. The molecule has 0 atom stereocenters. The molecule has 0 radical (unpaired) electrons. The van der Waals surface area contributed by atoms with E-state index in [1.807, 2.05) is 4.90 Å². The molecule has 3 aliphatic rings. The zero-order valence-electron chi connectivity index (χ0n) is 18.5. The number of rotatable bonds is 7. The van der Waals surface area contributed by atoms with Crippen LogP contribution >= 0.6 is 0 Å². The second-order valence-corrected chi connectivity index (χ2v) is 10.3. The van der Waals surface area contributed by atoms with Crippen molar-refractivity contribution in [2.24, 2.45) is 0 Å². The van der Waals surface area contributed by atoms with Crippen LogP contribution in [0.4, 0.5) is 5.69 Å². The molecule has 1 saturated heterocycles. The molecule has 10 nitrogen and oxygen atoms in total. The van der Waals surface area contributed by atoms with E-state index in [1.165, 1.54) is 12.1 Å². The molecule has 11 heteroatoms. The van der Waals surface area contributed by atoms with Gasteiger partial charge in [0.25, 0.3) is 15.9 Å². The first-order valence-corrected chi connectivity index (χ1v) is 12.7. The Balaban J connectivity index is 1.21. The molecular formula is C23H26N4O6S. The van der Waals surface area contributed by atoms with Crippen LogP contribution in [-0.2, 0) is 14.8 Å². The number of piperazine rings is 1. The highest BCUT2D eigenvalue weighted by Crippen LogP contribution is 2.34. The van der Waals surface area contributed by atoms with Gasteiger partial charge in [-0.3, -0.25) is 19.2 Å². The largest absolute Gasteiger partial charge is 0.454 e. The van der Waals surface area contributed by atoms with Gasteiger partial charge in [0.05, 0.1) is 17.1 Å². The second-order valence-electron chi connectivity index (χ2n) is 8.61. The van der Waals surface area contributed by atoms with E-state index in [0.717, 1.165) is 12.8 Å². The van der Waals surface area contributed by atoms with E-state index in [0.29, 0.717) is 61.5 Å². The van der Waals surface area contributed by atoms with Crippen molar-refractivity contribution in [3.8, 4) is 11.5 Å². The van der Waals surface area contributed by atoms with E-state index in [2.05, 4.69) is 10.0 Å². The fourth-order valence-electron chi connectivity index (χ4n) is 3.97. The van der Waals surface area contributed by atoms with Crippen molar-refractivity contribution in [1.29, 1.82) is 0 Å². The van der Waals surface area contributed by atoms with Crippen molar-refractivity contribution in [2.45, 2.75) is 23.8 Å². The molecule has 0 unspecified atom stereocenters. The van der Waals surface area contributed by atoms with Gasteiger partial charge in [0, 0.05) is 43.9 Å². The molecule has 0 spiro atoms. The highest BCUT2D eigenvalue weighted by atomic mass is 32.2. The summed E-state index contributed by atoms with van der Waals surface area (Å²) in [5.74, 6) is 0.810. The van der Waals surface area contributed by atoms with Gasteiger partial charge >= 0.3 is 0 Å². The van der Waals surface area contributed by atoms with Crippen molar-refractivity contribution in [2.75, 3.05) is 44.2 Å². The molecule has 2 aromatic carbocycles. The SMILES string of the molecule is O=C(CN1CCN(C(=O)c2cccc(S(=O)(=O)Nc3ccc4c(c3)OCO4)c2)CC1)NC1CC1. The lowest BCUT2D eigenvalue weighted by atomic mass is 10.2. The minimum atomic E-state index is -3.91. The van der Waals surface area contributed by atoms with Gasteiger partial charge in [-0.2, -0.15) is 0 Å². The first kappa shape index (κ1) is 22.5. The summed E-state index contributed by atoms with van der Waals surface area (Å²) in [5.41, 5.74) is 0.635. The number of nitrogens with zero attached hydrogens (tertiary/aromatic N) is 2. The number of carbonyl (C=O) groups excluding carboxylic acids is 2. The quantitative estimate of drug-likeness (QED) is 0.605. The molecule has 2 aromatic rings. The van der Waals surface area contributed by atoms with Crippen molar-refractivity contribution >= 4 is 27.5 Å². The van der Waals surface area contributed by atoms with E-state index < -0.39 is 10.0 Å². The highest BCUT2D eigenvalue weighted by molar-refractivity contribution is 7.92. The molecule has 2 heterocycles. The maximum atomic E-state index is 13.0. The maximum Gasteiger partial charge on any atom is 0.261 e. The molecule has 2 aliphatic heterocycles. The van der Waals surface area contributed by atoms with Gasteiger partial charge in [-0.25, -0.2) is 8.42 Å². The topological polar surface area (TPSA) is 117 Å². The highest BCUT2D eigenvalue weighted by Gasteiger charge is 2.27. The van der Waals surface area contributed by atoms with E-state index in [1.54, 1.807) is 35.2 Å². The molecule has 5 rings (SSSR count). The summed E-state index contributed by atoms with van der Waals surface area (Å²) >= 11 is 0. The number of anilines is 1. The van der Waals surface area contributed by atoms with Crippen LogP contribution in [0.25, 0.3) is 0 Å². The number of benzene rings is 2. The Morgan fingerprint density at radius 3 is 2.50 bits per heavy atom. The number of fused-ring (bicyclic) bond motifs is 1. The summed E-state index contributed by atoms with van der Waals surface area (Å²) in [7, 11) is -3.91. The zero-order chi connectivity index (χ0) is 23.7. The minimum Gasteiger partial charge on any atom is -0.454 e. The Bertz CT molecular complexity index is 1210. The van der Waals surface area contributed by atoms with Crippen molar-refractivity contribution in [1.82, 2.24) is 15.1 Å². The second kappa shape index (κ2) is 9.15. The number of sulfonamides is 1. The zero-order valence-corrected chi connectivity index (χ0v) is 19.3. The fourth-order valence-corrected chi connectivity index (χ4v) is 5.06. The molecule has 0 aromatic heterocycles. The summed E-state index contributed by atoms with van der Waals surface area (Å²) in [6, 6.07) is 11.1. The van der Waals surface area contributed by atoms with Crippen LogP contribution < -0.4 is 19.5 Å². The average molecular weight is 487 g/mol. The Morgan fingerprint density at radius 2 is 1.74 bits per heavy atom. The molecule has 34 heavy (non-hydrogen) atoms. The smallest absolute Gasteiger partial charge is 0.261 e. The Hall–Kier alpha value is -3.31. The lowest BCUT2D eigenvalue weighted by molar-refractivity contribution is -0.122. The predicted molar refractivity (Wildman–Crippen MR) is 123 cm³/mol. The van der Waals surface area contributed by atoms with Crippen molar-refractivity contribution in [3.05, 3.63) is 48.0 Å². The fraction of sp³-hybridized carbons (Fsp3) is 0.391. The van der Waals surface area contributed by atoms with Crippen LogP contribution in [0.1, 0.15) is 23.2 Å². The lowest BCUT2D eigenvalue weighted by Crippen LogP contribution is -2.51. The molecule has 0 bridgehead atoms. The van der Waals surface area contributed by atoms with Gasteiger partial charge < -0.3 is 19.7 Å². The van der Waals surface area contributed by atoms with Crippen molar-refractivity contribution in [3.63, 3.8) is 0 Å². The number of amides is 2. The van der Waals surface area contributed by atoms with Crippen molar-refractivity contribution < 1.29 is 27.5 Å². The van der Waals surface area contributed by atoms with Crippen LogP contribution in [0.5, 0.6) is 11.5 Å². The molecule has 180 valence electrons. The van der Waals surface area contributed by atoms with Crippen LogP contribution in [0.2, 0.25) is 0 Å². The van der Waals surface area contributed by atoms with E-state index >= 15 is 0 Å². The van der Waals surface area contributed by atoms with Crippen LogP contribution in [0.3, 0.4) is 0 Å². The maximum absolute atomic E-state index is 13.0. The Morgan fingerprint density at radius 1 is 0.971 bits per heavy atom. The monoisotopic (exact) mass is 486 g/mol. The van der Waals surface area contributed by atoms with Gasteiger partial charge in [0.15, 0.2) is 11.5 Å². The first-order valence-electron chi connectivity index (χ1n) is 11.2. The summed E-state index contributed by atoms with van der Waals surface area (Å²) in [4.78, 5) is 28.7.